The molecule has 2 N–H and O–H groups in total. The van der Waals surface area contributed by atoms with Gasteiger partial charge < -0.3 is 20.1 Å². The summed E-state index contributed by atoms with van der Waals surface area (Å²) >= 11 is 0. The van der Waals surface area contributed by atoms with Crippen LogP contribution >= 0.6 is 0 Å². The highest BCUT2D eigenvalue weighted by Crippen LogP contribution is 2.29. The lowest BCUT2D eigenvalue weighted by Gasteiger charge is -2.11. The molecule has 0 fully saturated rings. The maximum Gasteiger partial charge on any atom is 0.278 e. The van der Waals surface area contributed by atoms with Gasteiger partial charge in [0, 0.05) is 11.8 Å². The van der Waals surface area contributed by atoms with Crippen molar-refractivity contribution in [2.75, 3.05) is 24.9 Å². The van der Waals surface area contributed by atoms with Crippen molar-refractivity contribution >= 4 is 23.2 Å². The lowest BCUT2D eigenvalue weighted by atomic mass is 10.1. The number of nitrogens with zero attached hydrogens (tertiary/aromatic N) is 3. The first kappa shape index (κ1) is 21.8. The zero-order valence-electron chi connectivity index (χ0n) is 18.1. The van der Waals surface area contributed by atoms with Crippen molar-refractivity contribution in [2.24, 2.45) is 0 Å². The SMILES string of the molecule is COc1ccc(OC)c(NC(=O)c2nnn(CC(=O)Nc3ccc(C)c(C)c3)c2C)c1. The van der Waals surface area contributed by atoms with E-state index in [1.807, 2.05) is 32.0 Å². The van der Waals surface area contributed by atoms with Crippen LogP contribution < -0.4 is 20.1 Å². The second-order valence-electron chi connectivity index (χ2n) is 7.05. The van der Waals surface area contributed by atoms with Gasteiger partial charge in [-0.25, -0.2) is 4.68 Å². The Morgan fingerprint density at radius 1 is 0.968 bits per heavy atom. The zero-order valence-corrected chi connectivity index (χ0v) is 18.1. The molecule has 0 aliphatic rings. The van der Waals surface area contributed by atoms with Crippen LogP contribution in [0.25, 0.3) is 0 Å². The van der Waals surface area contributed by atoms with Gasteiger partial charge in [-0.15, -0.1) is 5.10 Å². The Morgan fingerprint density at radius 3 is 2.42 bits per heavy atom. The predicted molar refractivity (Wildman–Crippen MR) is 117 cm³/mol. The summed E-state index contributed by atoms with van der Waals surface area (Å²) in [6, 6.07) is 10.8. The highest BCUT2D eigenvalue weighted by molar-refractivity contribution is 6.04. The van der Waals surface area contributed by atoms with Gasteiger partial charge in [-0.05, 0) is 56.2 Å². The van der Waals surface area contributed by atoms with Gasteiger partial charge in [0.25, 0.3) is 5.91 Å². The number of methoxy groups -OCH3 is 2. The third-order valence-corrected chi connectivity index (χ3v) is 4.94. The van der Waals surface area contributed by atoms with E-state index in [1.54, 1.807) is 25.1 Å². The van der Waals surface area contributed by atoms with Crippen LogP contribution in [0.5, 0.6) is 11.5 Å². The number of nitrogens with one attached hydrogen (secondary N) is 2. The number of carbonyl (C=O) groups excluding carboxylic acids is 2. The smallest absolute Gasteiger partial charge is 0.278 e. The largest absolute Gasteiger partial charge is 0.497 e. The van der Waals surface area contributed by atoms with Crippen LogP contribution in [0.3, 0.4) is 0 Å². The third kappa shape index (κ3) is 5.00. The van der Waals surface area contributed by atoms with E-state index in [0.29, 0.717) is 28.6 Å². The summed E-state index contributed by atoms with van der Waals surface area (Å²) in [4.78, 5) is 25.2. The van der Waals surface area contributed by atoms with Crippen LogP contribution in [-0.2, 0) is 11.3 Å². The van der Waals surface area contributed by atoms with E-state index < -0.39 is 5.91 Å². The predicted octanol–water partition coefficient (Wildman–Crippen LogP) is 3.11. The minimum atomic E-state index is -0.468. The summed E-state index contributed by atoms with van der Waals surface area (Å²) in [6.45, 7) is 5.60. The van der Waals surface area contributed by atoms with Crippen molar-refractivity contribution in [1.82, 2.24) is 15.0 Å². The van der Waals surface area contributed by atoms with E-state index in [2.05, 4.69) is 20.9 Å². The molecule has 0 aliphatic heterocycles. The topological polar surface area (TPSA) is 107 Å². The number of benzene rings is 2. The van der Waals surface area contributed by atoms with E-state index in [-0.39, 0.29) is 18.1 Å². The molecule has 0 saturated heterocycles. The quantitative estimate of drug-likeness (QED) is 0.605. The Hall–Kier alpha value is -3.88. The molecule has 31 heavy (non-hydrogen) atoms. The van der Waals surface area contributed by atoms with E-state index in [9.17, 15) is 9.59 Å². The molecule has 9 nitrogen and oxygen atoms in total. The summed E-state index contributed by atoms with van der Waals surface area (Å²) in [7, 11) is 3.04. The summed E-state index contributed by atoms with van der Waals surface area (Å²) in [5, 5.41) is 13.5. The first-order valence-corrected chi connectivity index (χ1v) is 9.63. The van der Waals surface area contributed by atoms with Gasteiger partial charge in [0.1, 0.15) is 18.0 Å². The first-order chi connectivity index (χ1) is 14.8. The number of hydrogen-bond donors (Lipinski definition) is 2. The number of amides is 2. The van der Waals surface area contributed by atoms with Gasteiger partial charge in [-0.1, -0.05) is 11.3 Å². The lowest BCUT2D eigenvalue weighted by Crippen LogP contribution is -2.21. The fraction of sp³-hybridized carbons (Fsp3) is 0.273. The van der Waals surface area contributed by atoms with Crippen LogP contribution in [0, 0.1) is 20.8 Å². The van der Waals surface area contributed by atoms with Gasteiger partial charge in [0.2, 0.25) is 5.91 Å². The van der Waals surface area contributed by atoms with E-state index in [1.165, 1.54) is 18.9 Å². The maximum absolute atomic E-state index is 12.7. The van der Waals surface area contributed by atoms with E-state index in [4.69, 9.17) is 9.47 Å². The third-order valence-electron chi connectivity index (χ3n) is 4.94. The van der Waals surface area contributed by atoms with Gasteiger partial charge >= 0.3 is 0 Å². The number of aryl methyl sites for hydroxylation is 2. The number of rotatable bonds is 7. The van der Waals surface area contributed by atoms with Crippen LogP contribution in [0.15, 0.2) is 36.4 Å². The molecule has 2 aromatic carbocycles. The summed E-state index contributed by atoms with van der Waals surface area (Å²) in [6.07, 6.45) is 0. The molecule has 1 aromatic heterocycles. The number of aromatic nitrogens is 3. The normalized spacial score (nSPS) is 10.5. The monoisotopic (exact) mass is 423 g/mol. The first-order valence-electron chi connectivity index (χ1n) is 9.63. The zero-order chi connectivity index (χ0) is 22.5. The summed E-state index contributed by atoms with van der Waals surface area (Å²) in [5.41, 5.74) is 3.95. The Morgan fingerprint density at radius 2 is 1.74 bits per heavy atom. The second kappa shape index (κ2) is 9.29. The van der Waals surface area contributed by atoms with Crippen LogP contribution in [0.1, 0.15) is 27.3 Å². The average Bonchev–Trinajstić information content (AvgIpc) is 3.10. The summed E-state index contributed by atoms with van der Waals surface area (Å²) in [5.74, 6) is 0.314. The molecule has 162 valence electrons. The number of ether oxygens (including phenoxy) is 2. The van der Waals surface area contributed by atoms with Crippen molar-refractivity contribution in [2.45, 2.75) is 27.3 Å². The van der Waals surface area contributed by atoms with Crippen LogP contribution in [-0.4, -0.2) is 41.0 Å². The standard InChI is InChI=1S/C22H25N5O4/c1-13-6-7-16(10-14(13)2)23-20(28)12-27-15(3)21(25-26-27)22(29)24-18-11-17(30-4)8-9-19(18)31-5/h6-11H,12H2,1-5H3,(H,23,28)(H,24,29). The highest BCUT2D eigenvalue weighted by Gasteiger charge is 2.19. The van der Waals surface area contributed by atoms with Crippen molar-refractivity contribution in [3.05, 3.63) is 58.9 Å². The molecule has 0 spiro atoms. The number of hydrogen-bond acceptors (Lipinski definition) is 6. The molecular weight excluding hydrogens is 398 g/mol. The maximum atomic E-state index is 12.7. The molecule has 9 heteroatoms. The Balaban J connectivity index is 1.71. The van der Waals surface area contributed by atoms with E-state index >= 15 is 0 Å². The fourth-order valence-electron chi connectivity index (χ4n) is 2.97. The Bertz CT molecular complexity index is 1120. The highest BCUT2D eigenvalue weighted by atomic mass is 16.5. The molecule has 0 saturated carbocycles. The minimum Gasteiger partial charge on any atom is -0.497 e. The Kier molecular flexibility index (Phi) is 6.54. The fourth-order valence-corrected chi connectivity index (χ4v) is 2.97. The Labute approximate surface area is 180 Å². The molecule has 2 amide bonds. The number of anilines is 2. The molecule has 1 heterocycles. The van der Waals surface area contributed by atoms with Crippen molar-refractivity contribution in [3.63, 3.8) is 0 Å². The van der Waals surface area contributed by atoms with Crippen molar-refractivity contribution in [1.29, 1.82) is 0 Å². The van der Waals surface area contributed by atoms with Crippen molar-refractivity contribution < 1.29 is 19.1 Å². The minimum absolute atomic E-state index is 0.0679. The van der Waals surface area contributed by atoms with Gasteiger partial charge in [-0.3, -0.25) is 9.59 Å². The molecule has 0 atom stereocenters. The molecule has 0 unspecified atom stereocenters. The molecule has 3 rings (SSSR count). The average molecular weight is 423 g/mol. The lowest BCUT2D eigenvalue weighted by molar-refractivity contribution is -0.117. The molecule has 3 aromatic rings. The van der Waals surface area contributed by atoms with Gasteiger partial charge in [0.15, 0.2) is 5.69 Å². The van der Waals surface area contributed by atoms with Gasteiger partial charge in [0.05, 0.1) is 25.6 Å². The molecule has 0 aliphatic carbocycles. The molecular formula is C22H25N5O4. The van der Waals surface area contributed by atoms with Crippen LogP contribution in [0.2, 0.25) is 0 Å². The van der Waals surface area contributed by atoms with E-state index in [0.717, 1.165) is 11.1 Å². The number of carbonyl (C=O) groups is 2. The molecule has 0 bridgehead atoms. The summed E-state index contributed by atoms with van der Waals surface area (Å²) < 4.78 is 11.9. The van der Waals surface area contributed by atoms with Crippen molar-refractivity contribution in [3.8, 4) is 11.5 Å². The molecule has 0 radical (unpaired) electrons. The van der Waals surface area contributed by atoms with Gasteiger partial charge in [-0.2, -0.15) is 0 Å². The second-order valence-corrected chi connectivity index (χ2v) is 7.05. The van der Waals surface area contributed by atoms with Crippen LogP contribution in [0.4, 0.5) is 11.4 Å².